The van der Waals surface area contributed by atoms with Gasteiger partial charge in [0.1, 0.15) is 0 Å². The predicted molar refractivity (Wildman–Crippen MR) is 98.9 cm³/mol. The number of carbonyl (C=O) groups is 2. The van der Waals surface area contributed by atoms with E-state index in [1.54, 1.807) is 30.3 Å². The molecular formula is C19H13ClN2O5. The fourth-order valence-electron chi connectivity index (χ4n) is 2.47. The van der Waals surface area contributed by atoms with Crippen LogP contribution in [0.5, 0.6) is 0 Å². The molecule has 0 spiro atoms. The molecule has 0 aliphatic rings. The lowest BCUT2D eigenvalue weighted by atomic mass is 10.0. The maximum atomic E-state index is 12.6. The van der Waals surface area contributed by atoms with Crippen LogP contribution in [0.2, 0.25) is 5.02 Å². The van der Waals surface area contributed by atoms with Gasteiger partial charge in [-0.05, 0) is 42.5 Å². The Labute approximate surface area is 158 Å². The van der Waals surface area contributed by atoms with E-state index in [9.17, 15) is 19.9 Å². The smallest absolute Gasteiger partial charge is 0.337 e. The van der Waals surface area contributed by atoms with Gasteiger partial charge in [0.25, 0.3) is 5.91 Å². The summed E-state index contributed by atoms with van der Waals surface area (Å²) in [6.45, 7) is 0. The average Bonchev–Trinajstić information content (AvgIpc) is 3.18. The van der Waals surface area contributed by atoms with Gasteiger partial charge in [0.2, 0.25) is 0 Å². The second-order valence-corrected chi connectivity index (χ2v) is 5.89. The van der Waals surface area contributed by atoms with Crippen LogP contribution in [0.3, 0.4) is 0 Å². The van der Waals surface area contributed by atoms with Gasteiger partial charge in [-0.15, -0.1) is 0 Å². The summed E-state index contributed by atoms with van der Waals surface area (Å²) in [5.41, 5.74) is 0.845. The first kappa shape index (κ1) is 18.2. The number of hydrogen-bond acceptors (Lipinski definition) is 5. The quantitative estimate of drug-likeness (QED) is 0.348. The number of nitrogens with zero attached hydrogens (tertiary/aromatic N) is 1. The number of aromatic carboxylic acids is 1. The van der Waals surface area contributed by atoms with Crippen molar-refractivity contribution in [3.8, 4) is 0 Å². The number of carboxylic acids is 1. The average molecular weight is 385 g/mol. The number of amides is 1. The van der Waals surface area contributed by atoms with E-state index in [0.717, 1.165) is 0 Å². The molecule has 3 rings (SSSR count). The summed E-state index contributed by atoms with van der Waals surface area (Å²) in [7, 11) is 0. The molecule has 1 heterocycles. The Bertz CT molecular complexity index is 1030. The third-order valence-corrected chi connectivity index (χ3v) is 3.95. The Kier molecular flexibility index (Phi) is 5.23. The van der Waals surface area contributed by atoms with Crippen molar-refractivity contribution in [2.24, 2.45) is 5.16 Å². The number of nitrogens with one attached hydrogen (secondary N) is 1. The van der Waals surface area contributed by atoms with Gasteiger partial charge in [-0.2, -0.15) is 0 Å². The largest absolute Gasteiger partial charge is 0.478 e. The van der Waals surface area contributed by atoms with Gasteiger partial charge >= 0.3 is 5.97 Å². The minimum atomic E-state index is -1.21. The predicted octanol–water partition coefficient (Wildman–Crippen LogP) is 4.11. The number of oxime groups is 1. The molecule has 7 nitrogen and oxygen atoms in total. The molecule has 0 atom stereocenters. The van der Waals surface area contributed by atoms with Gasteiger partial charge < -0.3 is 20.0 Å². The van der Waals surface area contributed by atoms with Gasteiger partial charge in [0.15, 0.2) is 11.5 Å². The molecule has 0 saturated carbocycles. The Balaban J connectivity index is 1.90. The van der Waals surface area contributed by atoms with Gasteiger partial charge in [-0.3, -0.25) is 4.79 Å². The summed E-state index contributed by atoms with van der Waals surface area (Å²) >= 11 is 5.81. The molecule has 3 aromatic rings. The van der Waals surface area contributed by atoms with Gasteiger partial charge in [-0.25, -0.2) is 4.79 Å². The Morgan fingerprint density at radius 3 is 2.48 bits per heavy atom. The lowest BCUT2D eigenvalue weighted by molar-refractivity contribution is 0.0698. The standard InChI is InChI=1S/C19H13ClN2O5/c20-13-6-7-15(14(10-13)19(24)25)21-18(23)12-4-1-3-11(9-12)17(22-26)16-5-2-8-27-16/h1-10,26H,(H,21,23)(H,24,25)/b22-17+. The van der Waals surface area contributed by atoms with Crippen LogP contribution < -0.4 is 5.32 Å². The number of anilines is 1. The number of hydrogen-bond donors (Lipinski definition) is 3. The summed E-state index contributed by atoms with van der Waals surface area (Å²) < 4.78 is 5.22. The van der Waals surface area contributed by atoms with Crippen molar-refractivity contribution in [2.45, 2.75) is 0 Å². The van der Waals surface area contributed by atoms with Crippen LogP contribution in [0.25, 0.3) is 0 Å². The molecular weight excluding hydrogens is 372 g/mol. The second-order valence-electron chi connectivity index (χ2n) is 5.46. The molecule has 136 valence electrons. The SMILES string of the molecule is O=C(Nc1ccc(Cl)cc1C(=O)O)c1cccc(/C(=N\O)c2ccco2)c1. The molecule has 27 heavy (non-hydrogen) atoms. The molecule has 0 aliphatic heterocycles. The highest BCUT2D eigenvalue weighted by Gasteiger charge is 2.16. The van der Waals surface area contributed by atoms with E-state index in [1.165, 1.54) is 30.5 Å². The highest BCUT2D eigenvalue weighted by Crippen LogP contribution is 2.22. The summed E-state index contributed by atoms with van der Waals surface area (Å²) in [4.78, 5) is 23.9. The zero-order valence-corrected chi connectivity index (χ0v) is 14.5. The summed E-state index contributed by atoms with van der Waals surface area (Å²) in [6, 6.07) is 13.7. The highest BCUT2D eigenvalue weighted by molar-refractivity contribution is 6.31. The molecule has 8 heteroatoms. The van der Waals surface area contributed by atoms with E-state index in [2.05, 4.69) is 10.5 Å². The van der Waals surface area contributed by atoms with Crippen molar-refractivity contribution >= 4 is 34.9 Å². The van der Waals surface area contributed by atoms with E-state index < -0.39 is 11.9 Å². The molecule has 0 radical (unpaired) electrons. The van der Waals surface area contributed by atoms with Gasteiger partial charge in [-0.1, -0.05) is 28.9 Å². The molecule has 0 saturated heterocycles. The van der Waals surface area contributed by atoms with Gasteiger partial charge in [0.05, 0.1) is 17.5 Å². The van der Waals surface area contributed by atoms with E-state index in [-0.39, 0.29) is 27.5 Å². The molecule has 3 N–H and O–H groups in total. The number of carboxylic acid groups (broad SMARTS) is 1. The molecule has 0 fully saturated rings. The van der Waals surface area contributed by atoms with Crippen LogP contribution in [-0.4, -0.2) is 27.9 Å². The van der Waals surface area contributed by atoms with Crippen molar-refractivity contribution in [3.05, 3.63) is 88.3 Å². The van der Waals surface area contributed by atoms with E-state index in [0.29, 0.717) is 11.3 Å². The number of carbonyl (C=O) groups excluding carboxylic acids is 1. The van der Waals surface area contributed by atoms with Crippen LogP contribution in [-0.2, 0) is 0 Å². The minimum Gasteiger partial charge on any atom is -0.478 e. The molecule has 2 aromatic carbocycles. The van der Waals surface area contributed by atoms with Crippen molar-refractivity contribution < 1.29 is 24.3 Å². The van der Waals surface area contributed by atoms with Crippen LogP contribution in [0, 0.1) is 0 Å². The zero-order valence-electron chi connectivity index (χ0n) is 13.7. The normalized spacial score (nSPS) is 11.2. The monoisotopic (exact) mass is 384 g/mol. The Morgan fingerprint density at radius 1 is 1.04 bits per heavy atom. The molecule has 1 aromatic heterocycles. The van der Waals surface area contributed by atoms with E-state index in [4.69, 9.17) is 16.0 Å². The molecule has 1 amide bonds. The summed E-state index contributed by atoms with van der Waals surface area (Å²) in [5.74, 6) is -1.41. The van der Waals surface area contributed by atoms with E-state index in [1.807, 2.05) is 0 Å². The Hall–Kier alpha value is -3.58. The van der Waals surface area contributed by atoms with E-state index >= 15 is 0 Å². The number of halogens is 1. The molecule has 0 bridgehead atoms. The first-order valence-corrected chi connectivity index (χ1v) is 8.08. The Morgan fingerprint density at radius 2 is 1.81 bits per heavy atom. The molecule has 0 aliphatic carbocycles. The van der Waals surface area contributed by atoms with Crippen molar-refractivity contribution in [1.29, 1.82) is 0 Å². The number of rotatable bonds is 5. The summed E-state index contributed by atoms with van der Waals surface area (Å²) in [5, 5.41) is 24.6. The second kappa shape index (κ2) is 7.76. The zero-order chi connectivity index (χ0) is 19.4. The van der Waals surface area contributed by atoms with Crippen molar-refractivity contribution in [1.82, 2.24) is 0 Å². The molecule has 0 unspecified atom stereocenters. The highest BCUT2D eigenvalue weighted by atomic mass is 35.5. The fourth-order valence-corrected chi connectivity index (χ4v) is 2.64. The number of furan rings is 1. The third kappa shape index (κ3) is 3.99. The van der Waals surface area contributed by atoms with Crippen LogP contribution in [0.4, 0.5) is 5.69 Å². The lowest BCUT2D eigenvalue weighted by Gasteiger charge is -2.10. The maximum absolute atomic E-state index is 12.6. The topological polar surface area (TPSA) is 112 Å². The van der Waals surface area contributed by atoms with Crippen LogP contribution >= 0.6 is 11.6 Å². The van der Waals surface area contributed by atoms with Crippen molar-refractivity contribution in [3.63, 3.8) is 0 Å². The summed E-state index contributed by atoms with van der Waals surface area (Å²) in [6.07, 6.45) is 1.44. The number of benzene rings is 2. The maximum Gasteiger partial charge on any atom is 0.337 e. The lowest BCUT2D eigenvalue weighted by Crippen LogP contribution is -2.15. The van der Waals surface area contributed by atoms with Crippen molar-refractivity contribution in [2.75, 3.05) is 5.32 Å². The first-order valence-electron chi connectivity index (χ1n) is 7.70. The third-order valence-electron chi connectivity index (χ3n) is 3.71. The minimum absolute atomic E-state index is 0.115. The van der Waals surface area contributed by atoms with Crippen LogP contribution in [0.1, 0.15) is 32.0 Å². The van der Waals surface area contributed by atoms with Gasteiger partial charge in [0, 0.05) is 16.1 Å². The van der Waals surface area contributed by atoms with Crippen LogP contribution in [0.15, 0.2) is 70.4 Å². The first-order chi connectivity index (χ1) is 13.0. The fraction of sp³-hybridized carbons (Fsp3) is 0.